The first kappa shape index (κ1) is 20.3. The second-order valence-corrected chi connectivity index (χ2v) is 8.59. The number of nitrogens with one attached hydrogen (secondary N) is 1. The van der Waals surface area contributed by atoms with Crippen molar-refractivity contribution in [3.05, 3.63) is 46.1 Å². The number of aromatic nitrogens is 2. The molecule has 0 atom stereocenters. The van der Waals surface area contributed by atoms with Crippen molar-refractivity contribution < 1.29 is 19.0 Å². The Labute approximate surface area is 177 Å². The highest BCUT2D eigenvalue weighted by atomic mass is 32.1. The summed E-state index contributed by atoms with van der Waals surface area (Å²) in [7, 11) is 0. The molecule has 0 bridgehead atoms. The molecule has 0 saturated carbocycles. The second-order valence-electron chi connectivity index (χ2n) is 7.39. The number of piperidine rings is 1. The van der Waals surface area contributed by atoms with Gasteiger partial charge in [-0.15, -0.1) is 11.3 Å². The maximum absolute atomic E-state index is 13.2. The number of halogens is 1. The number of anilines is 2. The van der Waals surface area contributed by atoms with E-state index in [1.54, 1.807) is 23.5 Å². The van der Waals surface area contributed by atoms with Crippen LogP contribution in [0.15, 0.2) is 24.3 Å². The molecule has 2 aromatic heterocycles. The van der Waals surface area contributed by atoms with Crippen molar-refractivity contribution >= 4 is 39.5 Å². The van der Waals surface area contributed by atoms with Crippen molar-refractivity contribution in [2.75, 3.05) is 23.3 Å². The molecule has 158 valence electrons. The van der Waals surface area contributed by atoms with Gasteiger partial charge in [0.1, 0.15) is 22.6 Å². The molecule has 7 nitrogen and oxygen atoms in total. The minimum Gasteiger partial charge on any atom is -0.450 e. The first-order chi connectivity index (χ1) is 14.4. The Kier molecular flexibility index (Phi) is 5.72. The van der Waals surface area contributed by atoms with Gasteiger partial charge in [-0.3, -0.25) is 0 Å². The van der Waals surface area contributed by atoms with Gasteiger partial charge in [0.2, 0.25) is 5.95 Å². The van der Waals surface area contributed by atoms with Crippen LogP contribution >= 0.6 is 11.3 Å². The summed E-state index contributed by atoms with van der Waals surface area (Å²) in [6.45, 7) is 5.91. The molecule has 1 fully saturated rings. The fourth-order valence-electron chi connectivity index (χ4n) is 3.61. The monoisotopic (exact) mass is 430 g/mol. The average Bonchev–Trinajstić information content (AvgIpc) is 3.01. The molecule has 0 amide bonds. The van der Waals surface area contributed by atoms with E-state index in [1.165, 1.54) is 17.0 Å². The SMILES string of the molecule is Cc1sc2nc(N3CCC(OC(=O)O)CC3)nc(NCc3ccc(F)cc3)c2c1C. The number of aryl methyl sites for hydroxylation is 2. The summed E-state index contributed by atoms with van der Waals surface area (Å²) >= 11 is 1.63. The summed E-state index contributed by atoms with van der Waals surface area (Å²) in [5.74, 6) is 1.12. The summed E-state index contributed by atoms with van der Waals surface area (Å²) < 4.78 is 18.1. The third-order valence-corrected chi connectivity index (χ3v) is 6.48. The molecule has 9 heteroatoms. The van der Waals surface area contributed by atoms with Crippen LogP contribution in [0.2, 0.25) is 0 Å². The van der Waals surface area contributed by atoms with Gasteiger partial charge in [0, 0.05) is 37.4 Å². The molecule has 1 aromatic carbocycles. The molecule has 3 aromatic rings. The Balaban J connectivity index is 1.59. The van der Waals surface area contributed by atoms with Crippen LogP contribution in [0.4, 0.5) is 21.0 Å². The van der Waals surface area contributed by atoms with Crippen LogP contribution < -0.4 is 10.2 Å². The molecule has 0 aliphatic carbocycles. The maximum atomic E-state index is 13.2. The van der Waals surface area contributed by atoms with E-state index in [9.17, 15) is 9.18 Å². The first-order valence-electron chi connectivity index (χ1n) is 9.81. The molecule has 30 heavy (non-hydrogen) atoms. The van der Waals surface area contributed by atoms with E-state index < -0.39 is 6.16 Å². The summed E-state index contributed by atoms with van der Waals surface area (Å²) in [5.41, 5.74) is 2.11. The fourth-order valence-corrected chi connectivity index (χ4v) is 4.64. The van der Waals surface area contributed by atoms with Crippen LogP contribution in [0.25, 0.3) is 10.2 Å². The third kappa shape index (κ3) is 4.30. The lowest BCUT2D eigenvalue weighted by Crippen LogP contribution is -2.38. The average molecular weight is 431 g/mol. The Morgan fingerprint density at radius 1 is 1.27 bits per heavy atom. The number of carboxylic acid groups (broad SMARTS) is 1. The number of rotatable bonds is 5. The quantitative estimate of drug-likeness (QED) is 0.566. The van der Waals surface area contributed by atoms with Gasteiger partial charge < -0.3 is 20.1 Å². The van der Waals surface area contributed by atoms with Crippen LogP contribution in [-0.4, -0.2) is 40.4 Å². The van der Waals surface area contributed by atoms with Crippen molar-refractivity contribution in [1.82, 2.24) is 9.97 Å². The van der Waals surface area contributed by atoms with Crippen LogP contribution in [0.5, 0.6) is 0 Å². The number of carbonyl (C=O) groups is 1. The zero-order chi connectivity index (χ0) is 21.3. The normalized spacial score (nSPS) is 14.8. The molecule has 1 aliphatic heterocycles. The first-order valence-corrected chi connectivity index (χ1v) is 10.6. The number of nitrogens with zero attached hydrogens (tertiary/aromatic N) is 3. The molecule has 0 spiro atoms. The maximum Gasteiger partial charge on any atom is 0.506 e. The van der Waals surface area contributed by atoms with E-state index in [4.69, 9.17) is 19.8 Å². The van der Waals surface area contributed by atoms with Crippen LogP contribution in [0, 0.1) is 19.7 Å². The zero-order valence-electron chi connectivity index (χ0n) is 16.8. The second kappa shape index (κ2) is 8.43. The molecule has 2 N–H and O–H groups in total. The summed E-state index contributed by atoms with van der Waals surface area (Å²) in [6, 6.07) is 6.39. The lowest BCUT2D eigenvalue weighted by atomic mass is 10.1. The van der Waals surface area contributed by atoms with E-state index in [0.29, 0.717) is 38.4 Å². The molecule has 1 aliphatic rings. The number of benzene rings is 1. The summed E-state index contributed by atoms with van der Waals surface area (Å²) in [6.07, 6.45) is -0.309. The molecular formula is C21H23FN4O3S. The van der Waals surface area contributed by atoms with E-state index in [-0.39, 0.29) is 11.9 Å². The predicted octanol–water partition coefficient (Wildman–Crippen LogP) is 4.72. The number of fused-ring (bicyclic) bond motifs is 1. The molecule has 3 heterocycles. The lowest BCUT2D eigenvalue weighted by Gasteiger charge is -2.31. The summed E-state index contributed by atoms with van der Waals surface area (Å²) in [4.78, 5) is 24.5. The van der Waals surface area contributed by atoms with Gasteiger partial charge in [-0.1, -0.05) is 12.1 Å². The number of ether oxygens (including phenoxy) is 1. The van der Waals surface area contributed by atoms with Crippen LogP contribution in [0.1, 0.15) is 28.8 Å². The number of hydrogen-bond donors (Lipinski definition) is 2. The van der Waals surface area contributed by atoms with Crippen molar-refractivity contribution in [3.8, 4) is 0 Å². The molecule has 4 rings (SSSR count). The van der Waals surface area contributed by atoms with Gasteiger partial charge in [-0.25, -0.2) is 14.2 Å². The largest absolute Gasteiger partial charge is 0.506 e. The van der Waals surface area contributed by atoms with Crippen molar-refractivity contribution in [3.63, 3.8) is 0 Å². The van der Waals surface area contributed by atoms with Gasteiger partial charge in [-0.2, -0.15) is 4.98 Å². The fraction of sp³-hybridized carbons (Fsp3) is 0.381. The zero-order valence-corrected chi connectivity index (χ0v) is 17.6. The predicted molar refractivity (Wildman–Crippen MR) is 115 cm³/mol. The lowest BCUT2D eigenvalue weighted by molar-refractivity contribution is 0.0415. The van der Waals surface area contributed by atoms with Gasteiger partial charge in [0.15, 0.2) is 0 Å². The van der Waals surface area contributed by atoms with Gasteiger partial charge in [-0.05, 0) is 37.1 Å². The summed E-state index contributed by atoms with van der Waals surface area (Å²) in [5, 5.41) is 13.2. The smallest absolute Gasteiger partial charge is 0.450 e. The van der Waals surface area contributed by atoms with Crippen molar-refractivity contribution in [2.24, 2.45) is 0 Å². The Bertz CT molecular complexity index is 1060. The Hall–Kier alpha value is -2.94. The Morgan fingerprint density at radius 2 is 1.97 bits per heavy atom. The van der Waals surface area contributed by atoms with E-state index in [2.05, 4.69) is 24.1 Å². The minimum absolute atomic E-state index is 0.259. The third-order valence-electron chi connectivity index (χ3n) is 5.38. The van der Waals surface area contributed by atoms with E-state index in [1.807, 2.05) is 0 Å². The molecule has 0 radical (unpaired) electrons. The van der Waals surface area contributed by atoms with Gasteiger partial charge >= 0.3 is 6.16 Å². The van der Waals surface area contributed by atoms with Gasteiger partial charge in [0.25, 0.3) is 0 Å². The highest BCUT2D eigenvalue weighted by Crippen LogP contribution is 2.35. The molecule has 1 saturated heterocycles. The highest BCUT2D eigenvalue weighted by Gasteiger charge is 2.25. The van der Waals surface area contributed by atoms with Crippen molar-refractivity contribution in [2.45, 2.75) is 39.3 Å². The van der Waals surface area contributed by atoms with Gasteiger partial charge in [0.05, 0.1) is 5.39 Å². The standard InChI is InChI=1S/C21H23FN4O3S/c1-12-13(2)30-19-17(12)18(23-11-14-3-5-15(22)6-4-14)24-20(25-19)26-9-7-16(8-10-26)29-21(27)28/h3-6,16H,7-11H2,1-2H3,(H,27,28)(H,23,24,25). The van der Waals surface area contributed by atoms with E-state index in [0.717, 1.165) is 27.2 Å². The number of hydrogen-bond acceptors (Lipinski definition) is 7. The minimum atomic E-state index is -1.23. The van der Waals surface area contributed by atoms with Crippen LogP contribution in [-0.2, 0) is 11.3 Å². The van der Waals surface area contributed by atoms with Crippen LogP contribution in [0.3, 0.4) is 0 Å². The Morgan fingerprint density at radius 3 is 2.63 bits per heavy atom. The molecular weight excluding hydrogens is 407 g/mol. The number of thiophene rings is 1. The highest BCUT2D eigenvalue weighted by molar-refractivity contribution is 7.18. The topological polar surface area (TPSA) is 87.6 Å². The van der Waals surface area contributed by atoms with E-state index >= 15 is 0 Å². The van der Waals surface area contributed by atoms with Crippen molar-refractivity contribution in [1.29, 1.82) is 0 Å². The molecule has 0 unspecified atom stereocenters.